The first kappa shape index (κ1) is 15.4. The molecule has 0 amide bonds. The van der Waals surface area contributed by atoms with Crippen molar-refractivity contribution in [1.29, 1.82) is 0 Å². The number of ether oxygens (including phenoxy) is 2. The summed E-state index contributed by atoms with van der Waals surface area (Å²) in [7, 11) is -2.41. The molecule has 0 unspecified atom stereocenters. The van der Waals surface area contributed by atoms with Crippen LogP contribution in [0.1, 0.15) is 10.4 Å². The van der Waals surface area contributed by atoms with Crippen LogP contribution in [-0.2, 0) is 19.5 Å². The molecule has 1 heterocycles. The third kappa shape index (κ3) is 3.03. The fourth-order valence-corrected chi connectivity index (χ4v) is 4.23. The first-order valence-electron chi connectivity index (χ1n) is 5.92. The van der Waals surface area contributed by atoms with Crippen LogP contribution in [0.2, 0.25) is 0 Å². The zero-order valence-electron chi connectivity index (χ0n) is 10.8. The van der Waals surface area contributed by atoms with E-state index in [4.69, 9.17) is 4.74 Å². The minimum absolute atomic E-state index is 0.0577. The molecule has 1 aliphatic rings. The van der Waals surface area contributed by atoms with Gasteiger partial charge in [0.05, 0.1) is 30.8 Å². The maximum Gasteiger partial charge on any atom is 0.337 e. The van der Waals surface area contributed by atoms with Gasteiger partial charge >= 0.3 is 5.97 Å². The van der Waals surface area contributed by atoms with Gasteiger partial charge in [-0.2, -0.15) is 4.31 Å². The monoisotopic (exact) mass is 363 g/mol. The van der Waals surface area contributed by atoms with E-state index in [2.05, 4.69) is 20.7 Å². The summed E-state index contributed by atoms with van der Waals surface area (Å²) >= 11 is 3.21. The molecule has 20 heavy (non-hydrogen) atoms. The molecule has 110 valence electrons. The topological polar surface area (TPSA) is 72.9 Å². The van der Waals surface area contributed by atoms with Crippen LogP contribution in [-0.4, -0.2) is 52.1 Å². The maximum absolute atomic E-state index is 12.6. The molecular weight excluding hydrogens is 350 g/mol. The van der Waals surface area contributed by atoms with Gasteiger partial charge in [-0.15, -0.1) is 0 Å². The molecule has 0 atom stereocenters. The summed E-state index contributed by atoms with van der Waals surface area (Å²) in [6.07, 6.45) is 0. The molecule has 0 N–H and O–H groups in total. The lowest BCUT2D eigenvalue weighted by Crippen LogP contribution is -2.40. The highest BCUT2D eigenvalue weighted by atomic mass is 79.9. The van der Waals surface area contributed by atoms with Gasteiger partial charge in [-0.3, -0.25) is 0 Å². The van der Waals surface area contributed by atoms with E-state index in [1.54, 1.807) is 0 Å². The van der Waals surface area contributed by atoms with E-state index < -0.39 is 16.0 Å². The zero-order valence-corrected chi connectivity index (χ0v) is 13.2. The number of hydrogen-bond donors (Lipinski definition) is 0. The summed E-state index contributed by atoms with van der Waals surface area (Å²) in [5, 5.41) is 0. The molecule has 1 aromatic carbocycles. The Morgan fingerprint density at radius 2 is 2.00 bits per heavy atom. The van der Waals surface area contributed by atoms with Crippen LogP contribution in [0.4, 0.5) is 0 Å². The average molecular weight is 364 g/mol. The Hall–Kier alpha value is -0.960. The molecule has 1 saturated heterocycles. The second-order valence-electron chi connectivity index (χ2n) is 4.15. The average Bonchev–Trinajstić information content (AvgIpc) is 2.47. The molecule has 1 fully saturated rings. The molecule has 0 spiro atoms. The maximum atomic E-state index is 12.6. The number of methoxy groups -OCH3 is 1. The largest absolute Gasteiger partial charge is 0.465 e. The standard InChI is InChI=1S/C12H14BrNO5S/c1-18-12(15)9-2-3-10(13)11(8-9)20(16,17)14-4-6-19-7-5-14/h2-3,8H,4-7H2,1H3. The first-order chi connectivity index (χ1) is 9.46. The van der Waals surface area contributed by atoms with Gasteiger partial charge in [0, 0.05) is 17.6 Å². The SMILES string of the molecule is COC(=O)c1ccc(Br)c(S(=O)(=O)N2CCOCC2)c1. The van der Waals surface area contributed by atoms with Gasteiger partial charge in [-0.05, 0) is 34.1 Å². The fraction of sp³-hybridized carbons (Fsp3) is 0.417. The molecule has 0 bridgehead atoms. The number of benzene rings is 1. The number of carbonyl (C=O) groups excluding carboxylic acids is 1. The van der Waals surface area contributed by atoms with E-state index in [1.807, 2.05) is 0 Å². The van der Waals surface area contributed by atoms with Crippen LogP contribution in [0.25, 0.3) is 0 Å². The molecule has 0 aliphatic carbocycles. The third-order valence-electron chi connectivity index (χ3n) is 2.94. The number of halogens is 1. The van der Waals surface area contributed by atoms with Crippen molar-refractivity contribution in [1.82, 2.24) is 4.31 Å². The van der Waals surface area contributed by atoms with Gasteiger partial charge in [0.25, 0.3) is 0 Å². The molecule has 1 aliphatic heterocycles. The van der Waals surface area contributed by atoms with Crippen molar-refractivity contribution >= 4 is 31.9 Å². The Balaban J connectivity index is 2.42. The first-order valence-corrected chi connectivity index (χ1v) is 8.16. The Bertz CT molecular complexity index is 610. The van der Waals surface area contributed by atoms with Crippen LogP contribution < -0.4 is 0 Å². The third-order valence-corrected chi connectivity index (χ3v) is 5.83. The number of hydrogen-bond acceptors (Lipinski definition) is 5. The van der Waals surface area contributed by atoms with Crippen LogP contribution in [0, 0.1) is 0 Å². The van der Waals surface area contributed by atoms with Crippen molar-refractivity contribution < 1.29 is 22.7 Å². The van der Waals surface area contributed by atoms with Gasteiger partial charge in [0.2, 0.25) is 10.0 Å². The summed E-state index contributed by atoms with van der Waals surface area (Å²) in [6.45, 7) is 1.34. The highest BCUT2D eigenvalue weighted by Gasteiger charge is 2.29. The lowest BCUT2D eigenvalue weighted by atomic mass is 10.2. The van der Waals surface area contributed by atoms with E-state index in [-0.39, 0.29) is 10.5 Å². The molecule has 1 aromatic rings. The zero-order chi connectivity index (χ0) is 14.8. The summed E-state index contributed by atoms with van der Waals surface area (Å²) in [4.78, 5) is 11.6. The van der Waals surface area contributed by atoms with Crippen molar-refractivity contribution in [2.75, 3.05) is 33.4 Å². The number of nitrogens with zero attached hydrogens (tertiary/aromatic N) is 1. The molecule has 0 aromatic heterocycles. The molecule has 0 saturated carbocycles. The van der Waals surface area contributed by atoms with Crippen LogP contribution in [0.15, 0.2) is 27.6 Å². The number of rotatable bonds is 3. The Labute approximate surface area is 125 Å². The van der Waals surface area contributed by atoms with Gasteiger partial charge in [-0.1, -0.05) is 0 Å². The smallest absolute Gasteiger partial charge is 0.337 e. The van der Waals surface area contributed by atoms with Crippen LogP contribution in [0.3, 0.4) is 0 Å². The van der Waals surface area contributed by atoms with Crippen molar-refractivity contribution in [2.24, 2.45) is 0 Å². The molecule has 2 rings (SSSR count). The lowest BCUT2D eigenvalue weighted by Gasteiger charge is -2.26. The fourth-order valence-electron chi connectivity index (χ4n) is 1.87. The van der Waals surface area contributed by atoms with E-state index in [0.717, 1.165) is 0 Å². The van der Waals surface area contributed by atoms with E-state index >= 15 is 0 Å². The van der Waals surface area contributed by atoms with Gasteiger partial charge in [-0.25, -0.2) is 13.2 Å². The highest BCUT2D eigenvalue weighted by Crippen LogP contribution is 2.27. The highest BCUT2D eigenvalue weighted by molar-refractivity contribution is 9.10. The summed E-state index contributed by atoms with van der Waals surface area (Å²) < 4.78 is 36.6. The number of carbonyl (C=O) groups is 1. The van der Waals surface area contributed by atoms with Crippen molar-refractivity contribution in [3.05, 3.63) is 28.2 Å². The molecule has 6 nitrogen and oxygen atoms in total. The van der Waals surface area contributed by atoms with E-state index in [0.29, 0.717) is 30.8 Å². The minimum Gasteiger partial charge on any atom is -0.465 e. The number of morpholine rings is 1. The quantitative estimate of drug-likeness (QED) is 0.755. The number of esters is 1. The number of sulfonamides is 1. The van der Waals surface area contributed by atoms with Crippen LogP contribution >= 0.6 is 15.9 Å². The van der Waals surface area contributed by atoms with E-state index in [1.165, 1.54) is 29.6 Å². The van der Waals surface area contributed by atoms with Crippen molar-refractivity contribution in [3.8, 4) is 0 Å². The summed E-state index contributed by atoms with van der Waals surface area (Å²) in [5.74, 6) is -0.573. The van der Waals surface area contributed by atoms with Crippen LogP contribution in [0.5, 0.6) is 0 Å². The Kier molecular flexibility index (Phi) is 4.79. The van der Waals surface area contributed by atoms with Crippen molar-refractivity contribution in [2.45, 2.75) is 4.90 Å². The van der Waals surface area contributed by atoms with Crippen molar-refractivity contribution in [3.63, 3.8) is 0 Å². The van der Waals surface area contributed by atoms with Gasteiger partial charge in [0.15, 0.2) is 0 Å². The second kappa shape index (κ2) is 6.21. The van der Waals surface area contributed by atoms with Gasteiger partial charge < -0.3 is 9.47 Å². The molecule has 0 radical (unpaired) electrons. The normalized spacial score (nSPS) is 16.9. The lowest BCUT2D eigenvalue weighted by molar-refractivity contribution is 0.0600. The predicted octanol–water partition coefficient (Wildman–Crippen LogP) is 1.26. The minimum atomic E-state index is -3.66. The van der Waals surface area contributed by atoms with E-state index in [9.17, 15) is 13.2 Å². The van der Waals surface area contributed by atoms with Gasteiger partial charge in [0.1, 0.15) is 0 Å². The summed E-state index contributed by atoms with van der Waals surface area (Å²) in [6, 6.07) is 4.36. The summed E-state index contributed by atoms with van der Waals surface area (Å²) in [5.41, 5.74) is 0.197. The molecule has 8 heteroatoms. The molecular formula is C12H14BrNO5S. The second-order valence-corrected chi connectivity index (χ2v) is 6.91. The Morgan fingerprint density at radius 1 is 1.35 bits per heavy atom. The predicted molar refractivity (Wildman–Crippen MR) is 75.1 cm³/mol. The Morgan fingerprint density at radius 3 is 2.60 bits per heavy atom.